The summed E-state index contributed by atoms with van der Waals surface area (Å²) in [6.07, 6.45) is 3.21. The van der Waals surface area contributed by atoms with Gasteiger partial charge in [-0.15, -0.1) is 0 Å². The highest BCUT2D eigenvalue weighted by molar-refractivity contribution is 5.83. The van der Waals surface area contributed by atoms with E-state index in [4.69, 9.17) is 4.74 Å². The molecule has 1 aliphatic carbocycles. The van der Waals surface area contributed by atoms with Gasteiger partial charge < -0.3 is 20.1 Å². The molecule has 0 aromatic heterocycles. The highest BCUT2D eigenvalue weighted by atomic mass is 16.5. The van der Waals surface area contributed by atoms with Crippen molar-refractivity contribution in [2.45, 2.75) is 57.7 Å². The lowest BCUT2D eigenvalue weighted by Crippen LogP contribution is -2.50. The minimum Gasteiger partial charge on any atom is -0.480 e. The molecule has 2 rings (SSSR count). The van der Waals surface area contributed by atoms with Crippen LogP contribution in [0, 0.1) is 11.8 Å². The van der Waals surface area contributed by atoms with Crippen molar-refractivity contribution in [1.29, 1.82) is 0 Å². The summed E-state index contributed by atoms with van der Waals surface area (Å²) in [4.78, 5) is 25.1. The number of carbonyl (C=O) groups excluding carboxylic acids is 1. The first kappa shape index (κ1) is 16.1. The molecule has 1 heterocycles. The van der Waals surface area contributed by atoms with E-state index in [9.17, 15) is 14.7 Å². The van der Waals surface area contributed by atoms with Crippen molar-refractivity contribution in [2.75, 3.05) is 13.7 Å². The zero-order valence-electron chi connectivity index (χ0n) is 13.0. The molecule has 2 amide bonds. The van der Waals surface area contributed by atoms with Gasteiger partial charge in [0, 0.05) is 26.1 Å². The van der Waals surface area contributed by atoms with Crippen LogP contribution in [-0.4, -0.2) is 53.8 Å². The number of carboxylic acids is 1. The first-order valence-electron chi connectivity index (χ1n) is 7.75. The van der Waals surface area contributed by atoms with Crippen LogP contribution in [0.3, 0.4) is 0 Å². The molecular formula is C15H26N2O4. The van der Waals surface area contributed by atoms with Gasteiger partial charge in [-0.05, 0) is 31.1 Å². The van der Waals surface area contributed by atoms with E-state index in [1.165, 1.54) is 4.90 Å². The van der Waals surface area contributed by atoms with E-state index in [-0.39, 0.29) is 18.2 Å². The van der Waals surface area contributed by atoms with E-state index in [0.717, 1.165) is 19.3 Å². The monoisotopic (exact) mass is 298 g/mol. The van der Waals surface area contributed by atoms with Crippen molar-refractivity contribution in [3.8, 4) is 0 Å². The minimum atomic E-state index is -0.963. The topological polar surface area (TPSA) is 78.9 Å². The average molecular weight is 298 g/mol. The van der Waals surface area contributed by atoms with Gasteiger partial charge in [-0.2, -0.15) is 0 Å². The fourth-order valence-electron chi connectivity index (χ4n) is 3.36. The summed E-state index contributed by atoms with van der Waals surface area (Å²) in [6, 6.07) is -0.900. The van der Waals surface area contributed by atoms with Gasteiger partial charge in [0.25, 0.3) is 0 Å². The van der Waals surface area contributed by atoms with Crippen LogP contribution in [0.15, 0.2) is 0 Å². The largest absolute Gasteiger partial charge is 0.480 e. The number of likely N-dealkylation sites (tertiary alicyclic amines) is 1. The highest BCUT2D eigenvalue weighted by Crippen LogP contribution is 2.29. The molecule has 1 aliphatic heterocycles. The molecule has 2 fully saturated rings. The van der Waals surface area contributed by atoms with Crippen LogP contribution in [-0.2, 0) is 9.53 Å². The molecule has 0 aromatic rings. The molecule has 0 radical (unpaired) electrons. The average Bonchev–Trinajstić information content (AvgIpc) is 2.87. The van der Waals surface area contributed by atoms with E-state index in [2.05, 4.69) is 19.2 Å². The Labute approximate surface area is 125 Å². The number of carbonyl (C=O) groups is 2. The zero-order chi connectivity index (χ0) is 15.6. The van der Waals surface area contributed by atoms with Crippen LogP contribution >= 0.6 is 0 Å². The van der Waals surface area contributed by atoms with Crippen molar-refractivity contribution in [2.24, 2.45) is 11.8 Å². The van der Waals surface area contributed by atoms with Crippen molar-refractivity contribution in [3.63, 3.8) is 0 Å². The second kappa shape index (κ2) is 6.64. The van der Waals surface area contributed by atoms with Gasteiger partial charge in [0.15, 0.2) is 0 Å². The van der Waals surface area contributed by atoms with Crippen LogP contribution in [0.4, 0.5) is 4.79 Å². The van der Waals surface area contributed by atoms with Crippen LogP contribution in [0.25, 0.3) is 0 Å². The second-order valence-corrected chi connectivity index (χ2v) is 6.51. The number of nitrogens with zero attached hydrogens (tertiary/aromatic N) is 1. The number of urea groups is 1. The number of carboxylic acid groups (broad SMARTS) is 1. The number of aliphatic carboxylic acids is 1. The van der Waals surface area contributed by atoms with E-state index in [1.807, 2.05) is 0 Å². The molecule has 21 heavy (non-hydrogen) atoms. The van der Waals surface area contributed by atoms with E-state index in [1.54, 1.807) is 7.11 Å². The summed E-state index contributed by atoms with van der Waals surface area (Å²) < 4.78 is 5.21. The second-order valence-electron chi connectivity index (χ2n) is 6.51. The number of nitrogens with one attached hydrogen (secondary N) is 1. The number of rotatable bonds is 3. The summed E-state index contributed by atoms with van der Waals surface area (Å²) in [5, 5.41) is 12.3. The molecule has 5 unspecified atom stereocenters. The standard InChI is InChI=1S/C15H26N2O4/c1-9-4-5-11(6-10(9)2)16-15(20)17-8-12(21-3)7-13(17)14(18)19/h9-13H,4-8H2,1-3H3,(H,16,20)(H,18,19). The Bertz CT molecular complexity index is 401. The number of ether oxygens (including phenoxy) is 1. The third kappa shape index (κ3) is 3.67. The quantitative estimate of drug-likeness (QED) is 0.831. The van der Waals surface area contributed by atoms with Gasteiger partial charge in [0.05, 0.1) is 6.10 Å². The predicted molar refractivity (Wildman–Crippen MR) is 78.0 cm³/mol. The summed E-state index contributed by atoms with van der Waals surface area (Å²) >= 11 is 0. The van der Waals surface area contributed by atoms with Crippen LogP contribution in [0.5, 0.6) is 0 Å². The summed E-state index contributed by atoms with van der Waals surface area (Å²) in [6.45, 7) is 4.80. The van der Waals surface area contributed by atoms with Gasteiger partial charge in [0.2, 0.25) is 0 Å². The zero-order valence-corrected chi connectivity index (χ0v) is 13.0. The number of hydrogen-bond acceptors (Lipinski definition) is 3. The summed E-state index contributed by atoms with van der Waals surface area (Å²) in [5.74, 6) is 0.314. The fraction of sp³-hybridized carbons (Fsp3) is 0.867. The summed E-state index contributed by atoms with van der Waals surface area (Å²) in [7, 11) is 1.55. The Morgan fingerprint density at radius 3 is 2.48 bits per heavy atom. The maximum absolute atomic E-state index is 12.4. The first-order chi connectivity index (χ1) is 9.92. The SMILES string of the molecule is COC1CC(C(=O)O)N(C(=O)NC2CCC(C)C(C)C2)C1. The molecule has 2 aliphatic rings. The van der Waals surface area contributed by atoms with Gasteiger partial charge >= 0.3 is 12.0 Å². The number of methoxy groups -OCH3 is 1. The van der Waals surface area contributed by atoms with Crippen molar-refractivity contribution in [1.82, 2.24) is 10.2 Å². The van der Waals surface area contributed by atoms with E-state index < -0.39 is 12.0 Å². The maximum atomic E-state index is 12.4. The van der Waals surface area contributed by atoms with Gasteiger partial charge in [-0.3, -0.25) is 0 Å². The predicted octanol–water partition coefficient (Wildman–Crippen LogP) is 1.69. The highest BCUT2D eigenvalue weighted by Gasteiger charge is 2.40. The summed E-state index contributed by atoms with van der Waals surface area (Å²) in [5.41, 5.74) is 0. The van der Waals surface area contributed by atoms with Crippen molar-refractivity contribution < 1.29 is 19.4 Å². The van der Waals surface area contributed by atoms with Crippen molar-refractivity contribution >= 4 is 12.0 Å². The Hall–Kier alpha value is -1.30. The maximum Gasteiger partial charge on any atom is 0.326 e. The molecular weight excluding hydrogens is 272 g/mol. The third-order valence-electron chi connectivity index (χ3n) is 5.07. The molecule has 0 spiro atoms. The lowest BCUT2D eigenvalue weighted by atomic mass is 9.79. The van der Waals surface area contributed by atoms with E-state index in [0.29, 0.717) is 24.8 Å². The molecule has 0 bridgehead atoms. The van der Waals surface area contributed by atoms with Crippen LogP contribution < -0.4 is 5.32 Å². The van der Waals surface area contributed by atoms with Crippen LogP contribution in [0.1, 0.15) is 39.5 Å². The minimum absolute atomic E-state index is 0.153. The molecule has 6 nitrogen and oxygen atoms in total. The Morgan fingerprint density at radius 1 is 1.19 bits per heavy atom. The lowest BCUT2D eigenvalue weighted by Gasteiger charge is -2.34. The van der Waals surface area contributed by atoms with Gasteiger partial charge in [-0.1, -0.05) is 13.8 Å². The fourth-order valence-corrected chi connectivity index (χ4v) is 3.36. The lowest BCUT2D eigenvalue weighted by molar-refractivity contribution is -0.141. The first-order valence-corrected chi connectivity index (χ1v) is 7.75. The van der Waals surface area contributed by atoms with E-state index >= 15 is 0 Å². The molecule has 6 heteroatoms. The van der Waals surface area contributed by atoms with Gasteiger partial charge in [-0.25, -0.2) is 9.59 Å². The Kier molecular flexibility index (Phi) is 5.08. The molecule has 1 saturated heterocycles. The number of amides is 2. The third-order valence-corrected chi connectivity index (χ3v) is 5.07. The Morgan fingerprint density at radius 2 is 1.90 bits per heavy atom. The molecule has 5 atom stereocenters. The normalized spacial score (nSPS) is 36.5. The van der Waals surface area contributed by atoms with Crippen molar-refractivity contribution in [3.05, 3.63) is 0 Å². The van der Waals surface area contributed by atoms with Crippen LogP contribution in [0.2, 0.25) is 0 Å². The smallest absolute Gasteiger partial charge is 0.326 e. The molecule has 1 saturated carbocycles. The molecule has 2 N–H and O–H groups in total. The number of hydrogen-bond donors (Lipinski definition) is 2. The molecule has 0 aromatic carbocycles. The van der Waals surface area contributed by atoms with Gasteiger partial charge in [0.1, 0.15) is 6.04 Å². The Balaban J connectivity index is 1.94. The molecule has 120 valence electrons.